The zero-order valence-corrected chi connectivity index (χ0v) is 15.2. The SMILES string of the molecule is Cl.[2H]C([2H])([2H])C([2H])(C)[C@]1(C(=O)N2CCc3ncc(C(F)(F)F)cc3C2)CC[C@@H](N)C1. The predicted molar refractivity (Wildman–Crippen MR) is 94.7 cm³/mol. The lowest BCUT2D eigenvalue weighted by atomic mass is 9.74. The van der Waals surface area contributed by atoms with Gasteiger partial charge in [-0.05, 0) is 36.8 Å². The summed E-state index contributed by atoms with van der Waals surface area (Å²) in [5.41, 5.74) is 4.37. The molecular weight excluding hydrogens is 367 g/mol. The van der Waals surface area contributed by atoms with Gasteiger partial charge in [0.05, 0.1) is 11.0 Å². The van der Waals surface area contributed by atoms with Crippen molar-refractivity contribution in [2.75, 3.05) is 6.54 Å². The number of nitrogens with two attached hydrogens (primary N) is 1. The number of alkyl halides is 3. The number of carbonyl (C=O) groups is 1. The van der Waals surface area contributed by atoms with E-state index < -0.39 is 41.8 Å². The maximum Gasteiger partial charge on any atom is 0.417 e. The minimum atomic E-state index is -4.55. The number of nitrogens with zero attached hydrogens (tertiary/aromatic N) is 2. The van der Waals surface area contributed by atoms with Gasteiger partial charge in [0.25, 0.3) is 0 Å². The van der Waals surface area contributed by atoms with Crippen LogP contribution in [0.1, 0.15) is 55.3 Å². The molecule has 3 atom stereocenters. The Morgan fingerprint density at radius 2 is 2.31 bits per heavy atom. The van der Waals surface area contributed by atoms with Gasteiger partial charge in [-0.1, -0.05) is 13.8 Å². The molecule has 4 nitrogen and oxygen atoms in total. The number of fused-ring (bicyclic) bond motifs is 1. The third-order valence-electron chi connectivity index (χ3n) is 5.33. The van der Waals surface area contributed by atoms with Gasteiger partial charge in [-0.15, -0.1) is 12.4 Å². The Morgan fingerprint density at radius 3 is 2.88 bits per heavy atom. The lowest BCUT2D eigenvalue weighted by Gasteiger charge is -2.39. The largest absolute Gasteiger partial charge is 0.417 e. The molecule has 1 aromatic heterocycles. The fourth-order valence-electron chi connectivity index (χ4n) is 3.84. The van der Waals surface area contributed by atoms with Gasteiger partial charge >= 0.3 is 6.18 Å². The van der Waals surface area contributed by atoms with Gasteiger partial charge in [0.1, 0.15) is 0 Å². The quantitative estimate of drug-likeness (QED) is 0.832. The molecule has 0 spiro atoms. The molecule has 3 rings (SSSR count). The summed E-state index contributed by atoms with van der Waals surface area (Å²) in [6.45, 7) is -1.38. The number of amides is 1. The van der Waals surface area contributed by atoms with Gasteiger partial charge in [-0.3, -0.25) is 9.78 Å². The zero-order valence-electron chi connectivity index (χ0n) is 18.4. The summed E-state index contributed by atoms with van der Waals surface area (Å²) in [5, 5.41) is 0. The highest BCUT2D eigenvalue weighted by molar-refractivity contribution is 5.85. The number of carbonyl (C=O) groups excluding carboxylic acids is 1. The summed E-state index contributed by atoms with van der Waals surface area (Å²) in [7, 11) is 0. The van der Waals surface area contributed by atoms with Crippen LogP contribution in [-0.4, -0.2) is 28.4 Å². The first kappa shape index (κ1) is 15.7. The Morgan fingerprint density at radius 1 is 1.58 bits per heavy atom. The van der Waals surface area contributed by atoms with Crippen LogP contribution in [0.3, 0.4) is 0 Å². The molecule has 0 aromatic carbocycles. The third-order valence-corrected chi connectivity index (χ3v) is 5.33. The van der Waals surface area contributed by atoms with Crippen LogP contribution in [0.25, 0.3) is 0 Å². The molecule has 8 heteroatoms. The monoisotopic (exact) mass is 395 g/mol. The number of rotatable bonds is 2. The topological polar surface area (TPSA) is 59.2 Å². The maximum absolute atomic E-state index is 13.5. The number of aromatic nitrogens is 1. The Balaban J connectivity index is 0.00000320. The lowest BCUT2D eigenvalue weighted by Crippen LogP contribution is -2.48. The summed E-state index contributed by atoms with van der Waals surface area (Å²) < 4.78 is 71.1. The van der Waals surface area contributed by atoms with Crippen molar-refractivity contribution in [3.8, 4) is 0 Å². The van der Waals surface area contributed by atoms with E-state index in [1.54, 1.807) is 0 Å². The van der Waals surface area contributed by atoms with E-state index in [9.17, 15) is 18.0 Å². The van der Waals surface area contributed by atoms with Crippen LogP contribution >= 0.6 is 12.4 Å². The minimum Gasteiger partial charge on any atom is -0.337 e. The Bertz CT molecular complexity index is 819. The van der Waals surface area contributed by atoms with E-state index in [2.05, 4.69) is 4.98 Å². The second-order valence-corrected chi connectivity index (χ2v) is 7.01. The smallest absolute Gasteiger partial charge is 0.337 e. The number of halogens is 4. The van der Waals surface area contributed by atoms with E-state index in [0.717, 1.165) is 12.3 Å². The standard InChI is InChI=1S/C18H24F3N3O.ClH/c1-11(2)17(5-3-14(22)8-17)16(25)24-6-4-15-12(10-24)7-13(9-23-15)18(19,20)21;/h7,9,11,14H,3-6,8,10,22H2,1-2H3;1H/t14-,17+;/m1./s1/i1D3,11D;/t11?,14-,17+;. The van der Waals surface area contributed by atoms with Crippen molar-refractivity contribution in [1.82, 2.24) is 9.88 Å². The lowest BCUT2D eigenvalue weighted by molar-refractivity contribution is -0.145. The maximum atomic E-state index is 13.5. The minimum absolute atomic E-state index is 0. The summed E-state index contributed by atoms with van der Waals surface area (Å²) in [4.78, 5) is 18.8. The van der Waals surface area contributed by atoms with Crippen LogP contribution in [0.15, 0.2) is 12.3 Å². The molecule has 26 heavy (non-hydrogen) atoms. The molecule has 0 bridgehead atoms. The fourth-order valence-corrected chi connectivity index (χ4v) is 3.84. The molecule has 1 aliphatic carbocycles. The predicted octanol–water partition coefficient (Wildman–Crippen LogP) is 3.56. The molecule has 146 valence electrons. The van der Waals surface area contributed by atoms with Crippen molar-refractivity contribution < 1.29 is 23.4 Å². The molecule has 2 N–H and O–H groups in total. The van der Waals surface area contributed by atoms with Crippen molar-refractivity contribution in [3.63, 3.8) is 0 Å². The number of hydrogen-bond donors (Lipinski definition) is 1. The van der Waals surface area contributed by atoms with Crippen LogP contribution in [-0.2, 0) is 23.9 Å². The summed E-state index contributed by atoms with van der Waals surface area (Å²) >= 11 is 0. The molecular formula is C18H25ClF3N3O. The third kappa shape index (κ3) is 3.69. The van der Waals surface area contributed by atoms with Gasteiger partial charge in [0.2, 0.25) is 5.91 Å². The number of hydrogen-bond acceptors (Lipinski definition) is 3. The molecule has 1 unspecified atom stereocenters. The molecule has 1 saturated carbocycles. The molecule has 0 radical (unpaired) electrons. The molecule has 2 heterocycles. The van der Waals surface area contributed by atoms with Crippen molar-refractivity contribution in [1.29, 1.82) is 0 Å². The molecule has 1 amide bonds. The summed E-state index contributed by atoms with van der Waals surface area (Å²) in [6.07, 6.45) is -2.85. The Kier molecular flexibility index (Phi) is 4.44. The first-order valence-electron chi connectivity index (χ1n) is 10.3. The second kappa shape index (κ2) is 7.35. The van der Waals surface area contributed by atoms with Gasteiger partial charge in [0.15, 0.2) is 0 Å². The van der Waals surface area contributed by atoms with Crippen molar-refractivity contribution in [2.45, 2.75) is 58.2 Å². The van der Waals surface area contributed by atoms with Crippen LogP contribution in [0.5, 0.6) is 0 Å². The zero-order chi connectivity index (χ0) is 21.8. The van der Waals surface area contributed by atoms with Gasteiger partial charge < -0.3 is 10.6 Å². The fraction of sp³-hybridized carbons (Fsp3) is 0.667. The average Bonchev–Trinajstić information content (AvgIpc) is 3.02. The van der Waals surface area contributed by atoms with Crippen LogP contribution < -0.4 is 5.73 Å². The van der Waals surface area contributed by atoms with Crippen LogP contribution in [0.2, 0.25) is 0 Å². The van der Waals surface area contributed by atoms with Gasteiger partial charge in [-0.25, -0.2) is 0 Å². The molecule has 0 saturated heterocycles. The van der Waals surface area contributed by atoms with Gasteiger partial charge in [-0.2, -0.15) is 13.2 Å². The van der Waals surface area contributed by atoms with E-state index in [1.807, 2.05) is 0 Å². The van der Waals surface area contributed by atoms with Crippen LogP contribution in [0.4, 0.5) is 13.2 Å². The van der Waals surface area contributed by atoms with Crippen molar-refractivity contribution in [3.05, 3.63) is 29.1 Å². The molecule has 1 aromatic rings. The Hall–Kier alpha value is -1.34. The number of pyridine rings is 1. The van der Waals surface area contributed by atoms with E-state index in [-0.39, 0.29) is 50.3 Å². The van der Waals surface area contributed by atoms with Crippen molar-refractivity contribution >= 4 is 18.3 Å². The summed E-state index contributed by atoms with van der Waals surface area (Å²) in [6, 6.07) is 0.583. The van der Waals surface area contributed by atoms with Crippen molar-refractivity contribution in [2.24, 2.45) is 17.0 Å². The van der Waals surface area contributed by atoms with E-state index >= 15 is 0 Å². The first-order valence-corrected chi connectivity index (χ1v) is 8.29. The first-order chi connectivity index (χ1) is 13.2. The second-order valence-electron chi connectivity index (χ2n) is 7.01. The van der Waals surface area contributed by atoms with E-state index in [1.165, 1.54) is 11.8 Å². The summed E-state index contributed by atoms with van der Waals surface area (Å²) in [5.74, 6) is -2.60. The molecule has 1 aliphatic heterocycles. The average molecular weight is 396 g/mol. The Labute approximate surface area is 163 Å². The van der Waals surface area contributed by atoms with Crippen LogP contribution in [0, 0.1) is 11.3 Å². The van der Waals surface area contributed by atoms with E-state index in [4.69, 9.17) is 11.2 Å². The highest BCUT2D eigenvalue weighted by atomic mass is 35.5. The highest BCUT2D eigenvalue weighted by Crippen LogP contribution is 2.46. The molecule has 1 fully saturated rings. The van der Waals surface area contributed by atoms with Gasteiger partial charge in [0, 0.05) is 42.9 Å². The van der Waals surface area contributed by atoms with E-state index in [0.29, 0.717) is 12.1 Å². The normalized spacial score (nSPS) is 30.8. The molecule has 2 aliphatic rings. The highest BCUT2D eigenvalue weighted by Gasteiger charge is 2.48.